The van der Waals surface area contributed by atoms with Gasteiger partial charge in [-0.15, -0.1) is 0 Å². The second kappa shape index (κ2) is 6.70. The predicted molar refractivity (Wildman–Crippen MR) is 84.3 cm³/mol. The summed E-state index contributed by atoms with van der Waals surface area (Å²) in [7, 11) is 0. The topological polar surface area (TPSA) is 84.6 Å². The van der Waals surface area contributed by atoms with Crippen molar-refractivity contribution in [3.8, 4) is 11.3 Å². The number of benzene rings is 1. The van der Waals surface area contributed by atoms with Crippen LogP contribution in [0.1, 0.15) is 23.4 Å². The Morgan fingerprint density at radius 1 is 1.35 bits per heavy atom. The molecule has 0 aliphatic carbocycles. The SMILES string of the molecule is O=C(NCC1(O)CCOCC1)c1cc(-c2cccc(Cl)c2)no1. The van der Waals surface area contributed by atoms with E-state index in [0.29, 0.717) is 36.8 Å². The third-order valence-corrected chi connectivity index (χ3v) is 4.09. The summed E-state index contributed by atoms with van der Waals surface area (Å²) in [6.45, 7) is 1.14. The third-order valence-electron chi connectivity index (χ3n) is 3.86. The molecule has 0 radical (unpaired) electrons. The van der Waals surface area contributed by atoms with E-state index < -0.39 is 11.5 Å². The number of nitrogens with zero attached hydrogens (tertiary/aromatic N) is 1. The van der Waals surface area contributed by atoms with Gasteiger partial charge in [-0.25, -0.2) is 0 Å². The summed E-state index contributed by atoms with van der Waals surface area (Å²) in [4.78, 5) is 12.1. The first-order valence-electron chi connectivity index (χ1n) is 7.37. The smallest absolute Gasteiger partial charge is 0.290 e. The van der Waals surface area contributed by atoms with Gasteiger partial charge in [-0.3, -0.25) is 4.79 Å². The maximum absolute atomic E-state index is 12.1. The zero-order chi connectivity index (χ0) is 16.3. The van der Waals surface area contributed by atoms with Crippen LogP contribution in [0, 0.1) is 0 Å². The average molecular weight is 337 g/mol. The molecule has 1 fully saturated rings. The molecule has 0 bridgehead atoms. The Morgan fingerprint density at radius 3 is 2.87 bits per heavy atom. The Hall–Kier alpha value is -1.89. The van der Waals surface area contributed by atoms with Crippen LogP contribution < -0.4 is 5.32 Å². The lowest BCUT2D eigenvalue weighted by Crippen LogP contribution is -2.46. The van der Waals surface area contributed by atoms with E-state index in [9.17, 15) is 9.90 Å². The summed E-state index contributed by atoms with van der Waals surface area (Å²) in [5, 5.41) is 17.5. The normalized spacial score (nSPS) is 17.0. The maximum Gasteiger partial charge on any atom is 0.290 e. The summed E-state index contributed by atoms with van der Waals surface area (Å²) in [6, 6.07) is 8.68. The summed E-state index contributed by atoms with van der Waals surface area (Å²) >= 11 is 5.94. The van der Waals surface area contributed by atoms with Gasteiger partial charge in [-0.05, 0) is 12.1 Å². The van der Waals surface area contributed by atoms with E-state index in [-0.39, 0.29) is 12.3 Å². The molecule has 1 aromatic heterocycles. The molecule has 2 N–H and O–H groups in total. The molecule has 0 unspecified atom stereocenters. The van der Waals surface area contributed by atoms with Gasteiger partial charge >= 0.3 is 0 Å². The fourth-order valence-corrected chi connectivity index (χ4v) is 2.62. The molecule has 2 heterocycles. The highest BCUT2D eigenvalue weighted by Gasteiger charge is 2.30. The zero-order valence-electron chi connectivity index (χ0n) is 12.4. The van der Waals surface area contributed by atoms with Crippen molar-refractivity contribution in [2.24, 2.45) is 0 Å². The number of hydrogen-bond donors (Lipinski definition) is 2. The summed E-state index contributed by atoms with van der Waals surface area (Å²) < 4.78 is 10.3. The van der Waals surface area contributed by atoms with Crippen LogP contribution in [0.4, 0.5) is 0 Å². The summed E-state index contributed by atoms with van der Waals surface area (Å²) in [6.07, 6.45) is 0.995. The fourth-order valence-electron chi connectivity index (χ4n) is 2.43. The van der Waals surface area contributed by atoms with Crippen molar-refractivity contribution in [2.45, 2.75) is 18.4 Å². The molecule has 3 rings (SSSR count). The van der Waals surface area contributed by atoms with E-state index in [0.717, 1.165) is 5.56 Å². The van der Waals surface area contributed by atoms with Crippen LogP contribution in [-0.4, -0.2) is 41.5 Å². The van der Waals surface area contributed by atoms with E-state index in [4.69, 9.17) is 20.9 Å². The molecular weight excluding hydrogens is 320 g/mol. The standard InChI is InChI=1S/C16H17ClN2O4/c17-12-3-1-2-11(8-12)13-9-14(23-19-13)15(20)18-10-16(21)4-6-22-7-5-16/h1-3,8-9,21H,4-7,10H2,(H,18,20). The first kappa shape index (κ1) is 16.0. The first-order chi connectivity index (χ1) is 11.1. The van der Waals surface area contributed by atoms with Crippen molar-refractivity contribution in [3.05, 3.63) is 41.1 Å². The number of carbonyl (C=O) groups excluding carboxylic acids is 1. The van der Waals surface area contributed by atoms with E-state index >= 15 is 0 Å². The fraction of sp³-hybridized carbons (Fsp3) is 0.375. The molecule has 7 heteroatoms. The van der Waals surface area contributed by atoms with E-state index in [1.54, 1.807) is 24.3 Å². The Kier molecular flexibility index (Phi) is 4.66. The van der Waals surface area contributed by atoms with Crippen LogP contribution >= 0.6 is 11.6 Å². The minimum atomic E-state index is -0.927. The molecule has 23 heavy (non-hydrogen) atoms. The molecule has 0 saturated carbocycles. The van der Waals surface area contributed by atoms with E-state index in [1.165, 1.54) is 0 Å². The molecule has 6 nitrogen and oxygen atoms in total. The van der Waals surface area contributed by atoms with Crippen LogP contribution in [0.2, 0.25) is 5.02 Å². The van der Waals surface area contributed by atoms with Crippen LogP contribution in [0.5, 0.6) is 0 Å². The van der Waals surface area contributed by atoms with Gasteiger partial charge < -0.3 is 19.7 Å². The molecule has 1 aromatic carbocycles. The minimum Gasteiger partial charge on any atom is -0.388 e. The van der Waals surface area contributed by atoms with Gasteiger partial charge in [0.1, 0.15) is 5.69 Å². The van der Waals surface area contributed by atoms with Gasteiger partial charge in [-0.2, -0.15) is 0 Å². The molecular formula is C16H17ClN2O4. The van der Waals surface area contributed by atoms with Gasteiger partial charge in [0.25, 0.3) is 5.91 Å². The Morgan fingerprint density at radius 2 is 2.13 bits per heavy atom. The predicted octanol–water partition coefficient (Wildman–Crippen LogP) is 2.27. The number of nitrogens with one attached hydrogen (secondary N) is 1. The molecule has 0 spiro atoms. The number of rotatable bonds is 4. The number of carbonyl (C=O) groups is 1. The third kappa shape index (κ3) is 3.90. The molecule has 1 saturated heterocycles. The highest BCUT2D eigenvalue weighted by molar-refractivity contribution is 6.30. The van der Waals surface area contributed by atoms with Crippen molar-refractivity contribution >= 4 is 17.5 Å². The second-order valence-corrected chi connectivity index (χ2v) is 6.04. The van der Waals surface area contributed by atoms with Gasteiger partial charge in [-0.1, -0.05) is 28.9 Å². The van der Waals surface area contributed by atoms with Gasteiger partial charge in [0.05, 0.1) is 5.60 Å². The molecule has 122 valence electrons. The Balaban J connectivity index is 1.64. The minimum absolute atomic E-state index is 0.0932. The quantitative estimate of drug-likeness (QED) is 0.894. The van der Waals surface area contributed by atoms with Crippen molar-refractivity contribution < 1.29 is 19.2 Å². The largest absolute Gasteiger partial charge is 0.388 e. The number of aromatic nitrogens is 1. The van der Waals surface area contributed by atoms with Crippen LogP contribution in [0.3, 0.4) is 0 Å². The lowest BCUT2D eigenvalue weighted by atomic mass is 9.94. The van der Waals surface area contributed by atoms with E-state index in [1.807, 2.05) is 6.07 Å². The van der Waals surface area contributed by atoms with Crippen LogP contribution in [-0.2, 0) is 4.74 Å². The number of halogens is 1. The second-order valence-electron chi connectivity index (χ2n) is 5.61. The van der Waals surface area contributed by atoms with Crippen molar-refractivity contribution in [3.63, 3.8) is 0 Å². The number of aliphatic hydroxyl groups is 1. The van der Waals surface area contributed by atoms with Gasteiger partial charge in [0.15, 0.2) is 0 Å². The van der Waals surface area contributed by atoms with Crippen molar-refractivity contribution in [1.29, 1.82) is 0 Å². The van der Waals surface area contributed by atoms with E-state index in [2.05, 4.69) is 10.5 Å². The maximum atomic E-state index is 12.1. The number of hydrogen-bond acceptors (Lipinski definition) is 5. The average Bonchev–Trinajstić information content (AvgIpc) is 3.03. The molecule has 2 aromatic rings. The summed E-state index contributed by atoms with van der Waals surface area (Å²) in [5.41, 5.74) is 0.370. The van der Waals surface area contributed by atoms with Crippen molar-refractivity contribution in [1.82, 2.24) is 10.5 Å². The first-order valence-corrected chi connectivity index (χ1v) is 7.75. The summed E-state index contributed by atoms with van der Waals surface area (Å²) in [5.74, 6) is -0.318. The number of ether oxygens (including phenoxy) is 1. The molecule has 1 aliphatic rings. The van der Waals surface area contributed by atoms with Crippen LogP contribution in [0.15, 0.2) is 34.9 Å². The number of amides is 1. The van der Waals surface area contributed by atoms with Crippen molar-refractivity contribution in [2.75, 3.05) is 19.8 Å². The van der Waals surface area contributed by atoms with Crippen LogP contribution in [0.25, 0.3) is 11.3 Å². The zero-order valence-corrected chi connectivity index (χ0v) is 13.2. The lowest BCUT2D eigenvalue weighted by molar-refractivity contribution is -0.0606. The van der Waals surface area contributed by atoms with Gasteiger partial charge in [0, 0.05) is 49.3 Å². The monoisotopic (exact) mass is 336 g/mol. The molecule has 1 amide bonds. The Labute approximate surface area is 138 Å². The lowest BCUT2D eigenvalue weighted by Gasteiger charge is -2.31. The highest BCUT2D eigenvalue weighted by atomic mass is 35.5. The highest BCUT2D eigenvalue weighted by Crippen LogP contribution is 2.23. The Bertz CT molecular complexity index is 695. The molecule has 0 atom stereocenters. The molecule has 1 aliphatic heterocycles. The van der Waals surface area contributed by atoms with Gasteiger partial charge in [0.2, 0.25) is 5.76 Å².